The van der Waals surface area contributed by atoms with Gasteiger partial charge in [-0.05, 0) is 43.2 Å². The average Bonchev–Trinajstić information content (AvgIpc) is 3.26. The second-order valence-corrected chi connectivity index (χ2v) is 5.73. The van der Waals surface area contributed by atoms with E-state index < -0.39 is 0 Å². The highest BCUT2D eigenvalue weighted by Crippen LogP contribution is 2.19. The fourth-order valence-corrected chi connectivity index (χ4v) is 2.87. The van der Waals surface area contributed by atoms with Crippen LogP contribution in [0.25, 0.3) is 10.9 Å². The van der Waals surface area contributed by atoms with Crippen LogP contribution < -0.4 is 10.2 Å². The van der Waals surface area contributed by atoms with Gasteiger partial charge >= 0.3 is 0 Å². The number of hydrogen-bond acceptors (Lipinski definition) is 4. The van der Waals surface area contributed by atoms with Crippen LogP contribution in [0.2, 0.25) is 0 Å². The Morgan fingerprint density at radius 2 is 2.00 bits per heavy atom. The van der Waals surface area contributed by atoms with Gasteiger partial charge in [-0.15, -0.1) is 0 Å². The second-order valence-electron chi connectivity index (χ2n) is 5.73. The van der Waals surface area contributed by atoms with Crippen molar-refractivity contribution < 1.29 is 4.79 Å². The largest absolute Gasteiger partial charge is 0.357 e. The molecule has 0 spiro atoms. The molecule has 1 amide bonds. The van der Waals surface area contributed by atoms with Crippen LogP contribution in [0.15, 0.2) is 42.7 Å². The van der Waals surface area contributed by atoms with Gasteiger partial charge in [0.1, 0.15) is 5.82 Å². The van der Waals surface area contributed by atoms with Gasteiger partial charge < -0.3 is 10.2 Å². The molecule has 0 atom stereocenters. The Bertz CT molecular complexity index is 834. The third-order valence-electron chi connectivity index (χ3n) is 4.14. The van der Waals surface area contributed by atoms with Crippen LogP contribution in [0.4, 0.5) is 11.5 Å². The summed E-state index contributed by atoms with van der Waals surface area (Å²) < 4.78 is 0. The van der Waals surface area contributed by atoms with Crippen LogP contribution in [0.1, 0.15) is 23.2 Å². The van der Waals surface area contributed by atoms with Gasteiger partial charge in [-0.2, -0.15) is 5.10 Å². The first-order valence-electron chi connectivity index (χ1n) is 7.75. The Balaban J connectivity index is 1.49. The molecule has 1 saturated heterocycles. The Morgan fingerprint density at radius 1 is 1.13 bits per heavy atom. The van der Waals surface area contributed by atoms with Crippen molar-refractivity contribution in [2.24, 2.45) is 0 Å². The van der Waals surface area contributed by atoms with E-state index in [4.69, 9.17) is 0 Å². The molecule has 1 aromatic carbocycles. The molecule has 0 aliphatic carbocycles. The molecule has 3 aromatic rings. The van der Waals surface area contributed by atoms with Crippen LogP contribution >= 0.6 is 0 Å². The number of nitrogens with one attached hydrogen (secondary N) is 2. The number of aromatic amines is 1. The second kappa shape index (κ2) is 5.72. The Morgan fingerprint density at radius 3 is 2.78 bits per heavy atom. The fourth-order valence-electron chi connectivity index (χ4n) is 2.87. The summed E-state index contributed by atoms with van der Waals surface area (Å²) in [4.78, 5) is 19.0. The number of aromatic nitrogens is 3. The van der Waals surface area contributed by atoms with E-state index in [0.29, 0.717) is 5.56 Å². The zero-order chi connectivity index (χ0) is 15.6. The van der Waals surface area contributed by atoms with E-state index in [9.17, 15) is 4.79 Å². The molecule has 1 aliphatic rings. The molecule has 0 unspecified atom stereocenters. The Labute approximate surface area is 133 Å². The first kappa shape index (κ1) is 13.8. The van der Waals surface area contributed by atoms with Crippen molar-refractivity contribution in [2.75, 3.05) is 23.3 Å². The van der Waals surface area contributed by atoms with Crippen molar-refractivity contribution in [1.82, 2.24) is 15.2 Å². The minimum atomic E-state index is -0.163. The van der Waals surface area contributed by atoms with Crippen molar-refractivity contribution in [1.29, 1.82) is 0 Å². The molecular formula is C17H17N5O. The molecule has 6 nitrogen and oxygen atoms in total. The van der Waals surface area contributed by atoms with E-state index in [1.54, 1.807) is 12.4 Å². The van der Waals surface area contributed by atoms with Gasteiger partial charge in [0.25, 0.3) is 5.91 Å². The lowest BCUT2D eigenvalue weighted by molar-refractivity contribution is 0.102. The van der Waals surface area contributed by atoms with Crippen molar-refractivity contribution in [2.45, 2.75) is 12.8 Å². The highest BCUT2D eigenvalue weighted by atomic mass is 16.1. The number of carbonyl (C=O) groups excluding carboxylic acids is 1. The Kier molecular flexibility index (Phi) is 3.42. The number of anilines is 2. The molecule has 116 valence electrons. The zero-order valence-electron chi connectivity index (χ0n) is 12.6. The first-order chi connectivity index (χ1) is 11.3. The van der Waals surface area contributed by atoms with Crippen molar-refractivity contribution >= 4 is 28.3 Å². The summed E-state index contributed by atoms with van der Waals surface area (Å²) >= 11 is 0. The normalized spacial score (nSPS) is 14.3. The van der Waals surface area contributed by atoms with Crippen molar-refractivity contribution in [3.05, 3.63) is 48.3 Å². The lowest BCUT2D eigenvalue weighted by Crippen LogP contribution is -2.19. The number of fused-ring (bicyclic) bond motifs is 1. The average molecular weight is 307 g/mol. The van der Waals surface area contributed by atoms with Crippen LogP contribution in [0.3, 0.4) is 0 Å². The summed E-state index contributed by atoms with van der Waals surface area (Å²) in [6.45, 7) is 2.09. The minimum Gasteiger partial charge on any atom is -0.357 e. The topological polar surface area (TPSA) is 73.9 Å². The van der Waals surface area contributed by atoms with E-state index in [1.165, 1.54) is 12.8 Å². The maximum atomic E-state index is 12.3. The molecule has 23 heavy (non-hydrogen) atoms. The molecule has 2 aromatic heterocycles. The molecule has 0 bridgehead atoms. The molecule has 1 aliphatic heterocycles. The van der Waals surface area contributed by atoms with Gasteiger partial charge in [-0.25, -0.2) is 4.98 Å². The number of nitrogens with zero attached hydrogens (tertiary/aromatic N) is 3. The summed E-state index contributed by atoms with van der Waals surface area (Å²) in [5, 5.41) is 10.8. The lowest BCUT2D eigenvalue weighted by Gasteiger charge is -2.16. The molecule has 3 heterocycles. The number of pyridine rings is 1. The van der Waals surface area contributed by atoms with Gasteiger partial charge in [-0.3, -0.25) is 9.89 Å². The van der Waals surface area contributed by atoms with Crippen LogP contribution in [0.5, 0.6) is 0 Å². The highest BCUT2D eigenvalue weighted by Gasteiger charge is 2.14. The Hall–Kier alpha value is -2.89. The third-order valence-corrected chi connectivity index (χ3v) is 4.14. The van der Waals surface area contributed by atoms with Crippen LogP contribution in [-0.2, 0) is 0 Å². The fraction of sp³-hybridized carbons (Fsp3) is 0.235. The number of H-pyrrole nitrogens is 1. The summed E-state index contributed by atoms with van der Waals surface area (Å²) in [5.74, 6) is 0.780. The standard InChI is InChI=1S/C17H17N5O/c23-17(20-14-5-3-12-11-19-21-15(12)9-14)13-4-6-16(18-10-13)22-7-1-2-8-22/h3-6,9-11H,1-2,7-8H2,(H,19,21)(H,20,23). The van der Waals surface area contributed by atoms with Crippen LogP contribution in [0, 0.1) is 0 Å². The zero-order valence-corrected chi connectivity index (χ0v) is 12.6. The highest BCUT2D eigenvalue weighted by molar-refractivity contribution is 6.04. The predicted octanol–water partition coefficient (Wildman–Crippen LogP) is 2.81. The third kappa shape index (κ3) is 2.75. The molecule has 2 N–H and O–H groups in total. The van der Waals surface area contributed by atoms with E-state index in [1.807, 2.05) is 30.3 Å². The number of hydrogen-bond donors (Lipinski definition) is 2. The van der Waals surface area contributed by atoms with E-state index in [2.05, 4.69) is 25.4 Å². The molecular weight excluding hydrogens is 290 g/mol. The van der Waals surface area contributed by atoms with Crippen molar-refractivity contribution in [3.63, 3.8) is 0 Å². The molecule has 4 rings (SSSR count). The number of carbonyl (C=O) groups is 1. The van der Waals surface area contributed by atoms with Crippen molar-refractivity contribution in [3.8, 4) is 0 Å². The van der Waals surface area contributed by atoms with Gasteiger partial charge in [-0.1, -0.05) is 0 Å². The monoisotopic (exact) mass is 307 g/mol. The first-order valence-corrected chi connectivity index (χ1v) is 7.75. The van der Waals surface area contributed by atoms with Crippen LogP contribution in [-0.4, -0.2) is 34.2 Å². The summed E-state index contributed by atoms with van der Waals surface area (Å²) in [6.07, 6.45) is 5.81. The van der Waals surface area contributed by atoms with Gasteiger partial charge in [0, 0.05) is 30.4 Å². The number of benzene rings is 1. The molecule has 6 heteroatoms. The van der Waals surface area contributed by atoms with E-state index >= 15 is 0 Å². The van der Waals surface area contributed by atoms with Gasteiger partial charge in [0.15, 0.2) is 0 Å². The van der Waals surface area contributed by atoms with Gasteiger partial charge in [0.05, 0.1) is 17.3 Å². The summed E-state index contributed by atoms with van der Waals surface area (Å²) in [5.41, 5.74) is 2.18. The maximum Gasteiger partial charge on any atom is 0.257 e. The smallest absolute Gasteiger partial charge is 0.257 e. The molecule has 0 saturated carbocycles. The summed E-state index contributed by atoms with van der Waals surface area (Å²) in [7, 11) is 0. The minimum absolute atomic E-state index is 0.163. The van der Waals surface area contributed by atoms with E-state index in [0.717, 1.165) is 35.5 Å². The lowest BCUT2D eigenvalue weighted by atomic mass is 10.2. The van der Waals surface area contributed by atoms with Gasteiger partial charge in [0.2, 0.25) is 0 Å². The SMILES string of the molecule is O=C(Nc1ccc2cn[nH]c2c1)c1ccc(N2CCCC2)nc1. The quantitative estimate of drug-likeness (QED) is 0.780. The maximum absolute atomic E-state index is 12.3. The predicted molar refractivity (Wildman–Crippen MR) is 89.7 cm³/mol. The summed E-state index contributed by atoms with van der Waals surface area (Å²) in [6, 6.07) is 9.39. The molecule has 1 fully saturated rings. The van der Waals surface area contributed by atoms with E-state index in [-0.39, 0.29) is 5.91 Å². The molecule has 0 radical (unpaired) electrons. The number of amides is 1. The number of rotatable bonds is 3.